The molecular formula is C18H19BrN2O4S. The Balaban J connectivity index is 1.88. The lowest BCUT2D eigenvalue weighted by molar-refractivity contribution is 0.0730. The van der Waals surface area contributed by atoms with Crippen molar-refractivity contribution in [1.29, 1.82) is 0 Å². The quantitative estimate of drug-likeness (QED) is 0.795. The standard InChI is InChI=1S/C18H19BrN2O4S/c1-13-5-6-14(18(22)20-16-4-2-3-15(19)12-16)11-17(13)26(23,24)21-7-9-25-10-8-21/h2-6,11-12H,7-10H2,1H3,(H,20,22). The molecule has 0 radical (unpaired) electrons. The Labute approximate surface area is 161 Å². The minimum absolute atomic E-state index is 0.154. The van der Waals surface area contributed by atoms with Crippen LogP contribution in [0.15, 0.2) is 51.8 Å². The van der Waals surface area contributed by atoms with Crippen LogP contribution in [0.25, 0.3) is 0 Å². The number of hydrogen-bond acceptors (Lipinski definition) is 4. The number of carbonyl (C=O) groups excluding carboxylic acids is 1. The predicted octanol–water partition coefficient (Wildman–Crippen LogP) is 3.03. The number of hydrogen-bond donors (Lipinski definition) is 1. The van der Waals surface area contributed by atoms with Crippen molar-refractivity contribution in [2.75, 3.05) is 31.6 Å². The summed E-state index contributed by atoms with van der Waals surface area (Å²) in [6, 6.07) is 11.9. The largest absolute Gasteiger partial charge is 0.379 e. The zero-order valence-electron chi connectivity index (χ0n) is 14.2. The minimum Gasteiger partial charge on any atom is -0.379 e. The first kappa shape index (κ1) is 19.0. The summed E-state index contributed by atoms with van der Waals surface area (Å²) < 4.78 is 33.3. The third-order valence-corrected chi connectivity index (χ3v) is 6.65. The molecule has 0 unspecified atom stereocenters. The number of nitrogens with one attached hydrogen (secondary N) is 1. The van der Waals surface area contributed by atoms with Crippen LogP contribution < -0.4 is 5.32 Å². The van der Waals surface area contributed by atoms with Crippen molar-refractivity contribution in [2.45, 2.75) is 11.8 Å². The van der Waals surface area contributed by atoms with E-state index >= 15 is 0 Å². The summed E-state index contributed by atoms with van der Waals surface area (Å²) in [4.78, 5) is 12.7. The van der Waals surface area contributed by atoms with Gasteiger partial charge in [0.25, 0.3) is 5.91 Å². The fraction of sp³-hybridized carbons (Fsp3) is 0.278. The molecule has 1 saturated heterocycles. The molecule has 1 aliphatic rings. The lowest BCUT2D eigenvalue weighted by atomic mass is 10.1. The Morgan fingerprint density at radius 1 is 1.15 bits per heavy atom. The monoisotopic (exact) mass is 438 g/mol. The van der Waals surface area contributed by atoms with Gasteiger partial charge in [-0.3, -0.25) is 4.79 Å². The average molecular weight is 439 g/mol. The van der Waals surface area contributed by atoms with E-state index in [1.807, 2.05) is 12.1 Å². The first-order valence-corrected chi connectivity index (χ1v) is 10.4. The Hall–Kier alpha value is -1.74. The number of anilines is 1. The van der Waals surface area contributed by atoms with Gasteiger partial charge in [0, 0.05) is 28.8 Å². The molecule has 0 spiro atoms. The first-order chi connectivity index (χ1) is 12.4. The summed E-state index contributed by atoms with van der Waals surface area (Å²) in [6.07, 6.45) is 0. The van der Waals surface area contributed by atoms with E-state index in [9.17, 15) is 13.2 Å². The fourth-order valence-electron chi connectivity index (χ4n) is 2.71. The second-order valence-electron chi connectivity index (χ2n) is 5.96. The van der Waals surface area contributed by atoms with Crippen LogP contribution in [0.3, 0.4) is 0 Å². The number of morpholine rings is 1. The maximum absolute atomic E-state index is 12.9. The SMILES string of the molecule is Cc1ccc(C(=O)Nc2cccc(Br)c2)cc1S(=O)(=O)N1CCOCC1. The minimum atomic E-state index is -3.66. The van der Waals surface area contributed by atoms with Crippen LogP contribution in [0, 0.1) is 6.92 Å². The maximum atomic E-state index is 12.9. The Kier molecular flexibility index (Phi) is 5.76. The second-order valence-corrected chi connectivity index (χ2v) is 8.78. The summed E-state index contributed by atoms with van der Waals surface area (Å²) in [6.45, 7) is 3.11. The number of aryl methyl sites for hydroxylation is 1. The second kappa shape index (κ2) is 7.87. The summed E-state index contributed by atoms with van der Waals surface area (Å²) in [5.74, 6) is -0.360. The zero-order chi connectivity index (χ0) is 18.7. The van der Waals surface area contributed by atoms with E-state index < -0.39 is 10.0 Å². The van der Waals surface area contributed by atoms with Gasteiger partial charge in [0.05, 0.1) is 18.1 Å². The number of sulfonamides is 1. The van der Waals surface area contributed by atoms with Gasteiger partial charge in [0.2, 0.25) is 10.0 Å². The summed E-state index contributed by atoms with van der Waals surface area (Å²) in [5, 5.41) is 2.78. The van der Waals surface area contributed by atoms with Crippen molar-refractivity contribution in [3.63, 3.8) is 0 Å². The zero-order valence-corrected chi connectivity index (χ0v) is 16.6. The van der Waals surface area contributed by atoms with Crippen molar-refractivity contribution in [2.24, 2.45) is 0 Å². The average Bonchev–Trinajstić information content (AvgIpc) is 2.62. The highest BCUT2D eigenvalue weighted by molar-refractivity contribution is 9.10. The summed E-state index contributed by atoms with van der Waals surface area (Å²) >= 11 is 3.35. The van der Waals surface area contributed by atoms with Crippen LogP contribution in [0.4, 0.5) is 5.69 Å². The number of ether oxygens (including phenoxy) is 1. The number of nitrogens with zero attached hydrogens (tertiary/aromatic N) is 1. The van der Waals surface area contributed by atoms with Crippen LogP contribution in [-0.2, 0) is 14.8 Å². The van der Waals surface area contributed by atoms with Gasteiger partial charge in [0.1, 0.15) is 0 Å². The van der Waals surface area contributed by atoms with E-state index in [0.29, 0.717) is 43.1 Å². The Morgan fingerprint density at radius 3 is 2.58 bits per heavy atom. The van der Waals surface area contributed by atoms with Crippen molar-refractivity contribution in [3.05, 3.63) is 58.1 Å². The molecule has 0 aromatic heterocycles. The molecule has 0 aliphatic carbocycles. The van der Waals surface area contributed by atoms with Crippen molar-refractivity contribution in [3.8, 4) is 0 Å². The lowest BCUT2D eigenvalue weighted by Gasteiger charge is -2.26. The molecule has 1 N–H and O–H groups in total. The molecule has 26 heavy (non-hydrogen) atoms. The van der Waals surface area contributed by atoms with Crippen molar-refractivity contribution < 1.29 is 17.9 Å². The number of halogens is 1. The third-order valence-electron chi connectivity index (χ3n) is 4.12. The van der Waals surface area contributed by atoms with E-state index in [1.54, 1.807) is 31.2 Å². The lowest BCUT2D eigenvalue weighted by Crippen LogP contribution is -2.40. The molecule has 0 saturated carbocycles. The fourth-order valence-corrected chi connectivity index (χ4v) is 4.77. The summed E-state index contributed by atoms with van der Waals surface area (Å²) in [5.41, 5.74) is 1.53. The van der Waals surface area contributed by atoms with Crippen LogP contribution in [0.5, 0.6) is 0 Å². The van der Waals surface area contributed by atoms with E-state index in [4.69, 9.17) is 4.74 Å². The number of rotatable bonds is 4. The van der Waals surface area contributed by atoms with Crippen LogP contribution in [0.1, 0.15) is 15.9 Å². The third kappa shape index (κ3) is 4.15. The van der Waals surface area contributed by atoms with Gasteiger partial charge in [0.15, 0.2) is 0 Å². The van der Waals surface area contributed by atoms with Crippen LogP contribution in [-0.4, -0.2) is 44.9 Å². The highest BCUT2D eigenvalue weighted by Crippen LogP contribution is 2.23. The molecule has 6 nitrogen and oxygen atoms in total. The number of amides is 1. The molecule has 0 atom stereocenters. The highest BCUT2D eigenvalue weighted by atomic mass is 79.9. The van der Waals surface area contributed by atoms with Crippen LogP contribution >= 0.6 is 15.9 Å². The molecule has 2 aromatic rings. The Morgan fingerprint density at radius 2 is 1.88 bits per heavy atom. The first-order valence-electron chi connectivity index (χ1n) is 8.13. The molecule has 1 heterocycles. The predicted molar refractivity (Wildman–Crippen MR) is 103 cm³/mol. The van der Waals surface area contributed by atoms with Crippen molar-refractivity contribution in [1.82, 2.24) is 4.31 Å². The smallest absolute Gasteiger partial charge is 0.255 e. The molecule has 3 rings (SSSR count). The van der Waals surface area contributed by atoms with E-state index in [2.05, 4.69) is 21.2 Å². The van der Waals surface area contributed by atoms with Gasteiger partial charge in [-0.1, -0.05) is 28.1 Å². The molecule has 2 aromatic carbocycles. The Bertz CT molecular complexity index is 925. The van der Waals surface area contributed by atoms with E-state index in [0.717, 1.165) is 4.47 Å². The topological polar surface area (TPSA) is 75.7 Å². The molecule has 1 amide bonds. The normalized spacial score (nSPS) is 15.6. The van der Waals surface area contributed by atoms with E-state index in [1.165, 1.54) is 10.4 Å². The number of benzene rings is 2. The molecule has 0 bridgehead atoms. The number of carbonyl (C=O) groups is 1. The molecule has 1 fully saturated rings. The maximum Gasteiger partial charge on any atom is 0.255 e. The summed E-state index contributed by atoms with van der Waals surface area (Å²) in [7, 11) is -3.66. The van der Waals surface area contributed by atoms with Gasteiger partial charge >= 0.3 is 0 Å². The van der Waals surface area contributed by atoms with Gasteiger partial charge in [-0.05, 0) is 42.8 Å². The van der Waals surface area contributed by atoms with Gasteiger partial charge < -0.3 is 10.1 Å². The van der Waals surface area contributed by atoms with Crippen LogP contribution in [0.2, 0.25) is 0 Å². The molecular weight excluding hydrogens is 420 g/mol. The van der Waals surface area contributed by atoms with Crippen molar-refractivity contribution >= 4 is 37.5 Å². The molecule has 8 heteroatoms. The van der Waals surface area contributed by atoms with E-state index in [-0.39, 0.29) is 10.8 Å². The van der Waals surface area contributed by atoms with Gasteiger partial charge in [-0.25, -0.2) is 8.42 Å². The van der Waals surface area contributed by atoms with Gasteiger partial charge in [-0.2, -0.15) is 4.31 Å². The highest BCUT2D eigenvalue weighted by Gasteiger charge is 2.28. The molecule has 138 valence electrons. The van der Waals surface area contributed by atoms with Gasteiger partial charge in [-0.15, -0.1) is 0 Å². The molecule has 1 aliphatic heterocycles.